The molecule has 3 aromatic rings. The summed E-state index contributed by atoms with van der Waals surface area (Å²) in [5.41, 5.74) is 1.21. The van der Waals surface area contributed by atoms with Gasteiger partial charge in [-0.05, 0) is 37.8 Å². The summed E-state index contributed by atoms with van der Waals surface area (Å²) in [5, 5.41) is 16.1. The molecule has 2 N–H and O–H groups in total. The van der Waals surface area contributed by atoms with Gasteiger partial charge in [0, 0.05) is 21.8 Å². The van der Waals surface area contributed by atoms with Crippen molar-refractivity contribution in [3.8, 4) is 0 Å². The molecular formula is C25H29N3O3. The number of hydrogen-bond acceptors (Lipinski definition) is 3. The standard InChI is InChI=1S/C25H29N3O3/c1-25(17-9-3-2-4-10-17)23(30)28(24(31)26-25)16-18(29)15-27-21-13-7-5-11-19(21)20-12-6-8-14-22(20)27/h5-8,11-14,17-18,29H,2-4,9-10,15-16H2,1H3,(H,26,31)/t18-,25+/m0/s1. The summed E-state index contributed by atoms with van der Waals surface area (Å²) in [6.45, 7) is 2.15. The van der Waals surface area contributed by atoms with E-state index >= 15 is 0 Å². The highest BCUT2D eigenvalue weighted by Crippen LogP contribution is 2.36. The van der Waals surface area contributed by atoms with Crippen LogP contribution in [-0.4, -0.2) is 44.7 Å². The van der Waals surface area contributed by atoms with Gasteiger partial charge in [-0.1, -0.05) is 55.7 Å². The second kappa shape index (κ2) is 7.68. The van der Waals surface area contributed by atoms with Crippen molar-refractivity contribution in [1.82, 2.24) is 14.8 Å². The van der Waals surface area contributed by atoms with Crippen LogP contribution in [0.3, 0.4) is 0 Å². The number of benzene rings is 2. The molecule has 5 rings (SSSR count). The first-order valence-electron chi connectivity index (χ1n) is 11.3. The highest BCUT2D eigenvalue weighted by atomic mass is 16.3. The van der Waals surface area contributed by atoms with E-state index in [-0.39, 0.29) is 24.4 Å². The quantitative estimate of drug-likeness (QED) is 0.613. The number of carbonyl (C=O) groups is 2. The van der Waals surface area contributed by atoms with Gasteiger partial charge in [0.1, 0.15) is 5.54 Å². The summed E-state index contributed by atoms with van der Waals surface area (Å²) in [6.07, 6.45) is 4.44. The van der Waals surface area contributed by atoms with Gasteiger partial charge in [-0.2, -0.15) is 0 Å². The molecule has 6 nitrogen and oxygen atoms in total. The molecule has 0 bridgehead atoms. The smallest absolute Gasteiger partial charge is 0.325 e. The Hall–Kier alpha value is -2.86. The van der Waals surface area contributed by atoms with E-state index in [9.17, 15) is 14.7 Å². The van der Waals surface area contributed by atoms with Crippen molar-refractivity contribution in [3.05, 3.63) is 48.5 Å². The predicted octanol–water partition coefficient (Wildman–Crippen LogP) is 4.05. The van der Waals surface area contributed by atoms with Gasteiger partial charge in [0.15, 0.2) is 0 Å². The molecule has 2 heterocycles. The van der Waals surface area contributed by atoms with E-state index in [4.69, 9.17) is 0 Å². The number of aromatic nitrogens is 1. The maximum Gasteiger partial charge on any atom is 0.325 e. The van der Waals surface area contributed by atoms with E-state index in [0.29, 0.717) is 6.54 Å². The number of β-amino-alcohol motifs (C(OH)–C–C–N with tert-alkyl or cyclic N) is 1. The zero-order valence-corrected chi connectivity index (χ0v) is 17.9. The molecule has 0 radical (unpaired) electrons. The second-order valence-corrected chi connectivity index (χ2v) is 9.18. The largest absolute Gasteiger partial charge is 0.389 e. The molecule has 1 aromatic heterocycles. The van der Waals surface area contributed by atoms with E-state index in [0.717, 1.165) is 47.5 Å². The van der Waals surface area contributed by atoms with Crippen molar-refractivity contribution in [2.75, 3.05) is 6.54 Å². The number of fused-ring (bicyclic) bond motifs is 3. The van der Waals surface area contributed by atoms with Gasteiger partial charge in [0.05, 0.1) is 19.2 Å². The Labute approximate surface area is 181 Å². The second-order valence-electron chi connectivity index (χ2n) is 9.18. The van der Waals surface area contributed by atoms with Crippen LogP contribution in [0.1, 0.15) is 39.0 Å². The zero-order chi connectivity index (χ0) is 21.6. The number of amides is 3. The van der Waals surface area contributed by atoms with E-state index in [1.807, 2.05) is 43.3 Å². The normalized spacial score (nSPS) is 23.6. The first-order valence-corrected chi connectivity index (χ1v) is 11.3. The van der Waals surface area contributed by atoms with Crippen LogP contribution in [0, 0.1) is 5.92 Å². The van der Waals surface area contributed by atoms with Crippen LogP contribution in [0.25, 0.3) is 21.8 Å². The molecular weight excluding hydrogens is 390 g/mol. The zero-order valence-electron chi connectivity index (χ0n) is 17.9. The summed E-state index contributed by atoms with van der Waals surface area (Å²) in [5.74, 6) is -0.0390. The van der Waals surface area contributed by atoms with Crippen LogP contribution >= 0.6 is 0 Å². The number of rotatable bonds is 5. The number of nitrogens with one attached hydrogen (secondary N) is 1. The fraction of sp³-hybridized carbons (Fsp3) is 0.440. The van der Waals surface area contributed by atoms with Gasteiger partial charge in [0.2, 0.25) is 0 Å². The first kappa shape index (κ1) is 20.1. The van der Waals surface area contributed by atoms with Crippen molar-refractivity contribution in [3.63, 3.8) is 0 Å². The van der Waals surface area contributed by atoms with Crippen LogP contribution < -0.4 is 5.32 Å². The summed E-state index contributed by atoms with van der Waals surface area (Å²) >= 11 is 0. The summed E-state index contributed by atoms with van der Waals surface area (Å²) < 4.78 is 2.08. The van der Waals surface area contributed by atoms with E-state index in [1.54, 1.807) is 0 Å². The minimum atomic E-state index is -0.859. The first-order chi connectivity index (χ1) is 15.0. The number of aliphatic hydroxyl groups excluding tert-OH is 1. The lowest BCUT2D eigenvalue weighted by Gasteiger charge is -2.34. The SMILES string of the molecule is C[C@]1(C2CCCCC2)NC(=O)N(C[C@@H](O)Cn2c3ccccc3c3ccccc32)C1=O. The molecule has 3 amide bonds. The molecule has 1 saturated carbocycles. The Balaban J connectivity index is 1.38. The summed E-state index contributed by atoms with van der Waals surface area (Å²) in [7, 11) is 0. The predicted molar refractivity (Wildman–Crippen MR) is 121 cm³/mol. The Bertz CT molecular complexity index is 1090. The van der Waals surface area contributed by atoms with Crippen LogP contribution in [0.2, 0.25) is 0 Å². The number of hydrogen-bond donors (Lipinski definition) is 2. The summed E-state index contributed by atoms with van der Waals surface area (Å²) in [4.78, 5) is 27.1. The molecule has 2 aliphatic rings. The van der Waals surface area contributed by atoms with Gasteiger partial charge in [-0.15, -0.1) is 0 Å². The maximum atomic E-state index is 13.2. The van der Waals surface area contributed by atoms with Gasteiger partial charge >= 0.3 is 6.03 Å². The molecule has 0 spiro atoms. The monoisotopic (exact) mass is 419 g/mol. The molecule has 0 unspecified atom stereocenters. The third kappa shape index (κ3) is 3.30. The molecule has 1 aliphatic heterocycles. The Morgan fingerprint density at radius 3 is 2.16 bits per heavy atom. The average molecular weight is 420 g/mol. The third-order valence-corrected chi connectivity index (χ3v) is 7.19. The van der Waals surface area contributed by atoms with E-state index in [2.05, 4.69) is 22.0 Å². The van der Waals surface area contributed by atoms with Crippen molar-refractivity contribution in [1.29, 1.82) is 0 Å². The molecule has 1 saturated heterocycles. The Kier molecular flexibility index (Phi) is 4.97. The van der Waals surface area contributed by atoms with Crippen molar-refractivity contribution >= 4 is 33.7 Å². The van der Waals surface area contributed by atoms with Crippen molar-refractivity contribution < 1.29 is 14.7 Å². The lowest BCUT2D eigenvalue weighted by Crippen LogP contribution is -2.51. The minimum absolute atomic E-state index is 0.00614. The van der Waals surface area contributed by atoms with Gasteiger partial charge in [0.25, 0.3) is 5.91 Å². The molecule has 1 aliphatic carbocycles. The number of para-hydroxylation sites is 2. The highest BCUT2D eigenvalue weighted by molar-refractivity contribution is 6.08. The fourth-order valence-electron chi connectivity index (χ4n) is 5.52. The van der Waals surface area contributed by atoms with Crippen molar-refractivity contribution in [2.45, 2.75) is 57.2 Å². The van der Waals surface area contributed by atoms with Crippen LogP contribution in [0.5, 0.6) is 0 Å². The molecule has 31 heavy (non-hydrogen) atoms. The van der Waals surface area contributed by atoms with E-state index in [1.165, 1.54) is 11.3 Å². The molecule has 2 aromatic carbocycles. The van der Waals surface area contributed by atoms with Gasteiger partial charge in [-0.3, -0.25) is 9.69 Å². The molecule has 162 valence electrons. The van der Waals surface area contributed by atoms with Crippen molar-refractivity contribution in [2.24, 2.45) is 5.92 Å². The lowest BCUT2D eigenvalue weighted by molar-refractivity contribution is -0.134. The Morgan fingerprint density at radius 1 is 0.968 bits per heavy atom. The third-order valence-electron chi connectivity index (χ3n) is 7.19. The summed E-state index contributed by atoms with van der Waals surface area (Å²) in [6, 6.07) is 15.8. The van der Waals surface area contributed by atoms with Gasteiger partial charge in [-0.25, -0.2) is 4.79 Å². The maximum absolute atomic E-state index is 13.2. The van der Waals surface area contributed by atoms with Crippen LogP contribution in [-0.2, 0) is 11.3 Å². The molecule has 2 fully saturated rings. The van der Waals surface area contributed by atoms with Crippen LogP contribution in [0.15, 0.2) is 48.5 Å². The molecule has 2 atom stereocenters. The lowest BCUT2D eigenvalue weighted by atomic mass is 9.75. The number of imide groups is 1. The number of carbonyl (C=O) groups excluding carboxylic acids is 2. The topological polar surface area (TPSA) is 74.6 Å². The van der Waals surface area contributed by atoms with Crippen LogP contribution in [0.4, 0.5) is 4.79 Å². The highest BCUT2D eigenvalue weighted by Gasteiger charge is 2.52. The number of urea groups is 1. The minimum Gasteiger partial charge on any atom is -0.389 e. The number of nitrogens with zero attached hydrogens (tertiary/aromatic N) is 2. The Morgan fingerprint density at radius 2 is 1.55 bits per heavy atom. The van der Waals surface area contributed by atoms with Gasteiger partial charge < -0.3 is 15.0 Å². The van der Waals surface area contributed by atoms with E-state index < -0.39 is 11.6 Å². The fourth-order valence-corrected chi connectivity index (χ4v) is 5.52. The molecule has 6 heteroatoms. The average Bonchev–Trinajstić information content (AvgIpc) is 3.22. The number of aliphatic hydroxyl groups is 1.